The molecule has 2 rings (SSSR count). The first kappa shape index (κ1) is 22.3. The van der Waals surface area contributed by atoms with Crippen LogP contribution in [0.25, 0.3) is 0 Å². The SMILES string of the molecule is CCNC(=NCc1ncc(C(C)(C)C)o1)NCCOc1cccc(NC(C)=O)c1. The van der Waals surface area contributed by atoms with E-state index in [9.17, 15) is 4.79 Å². The number of hydrogen-bond donors (Lipinski definition) is 3. The van der Waals surface area contributed by atoms with Crippen molar-refractivity contribution < 1.29 is 13.9 Å². The molecule has 1 heterocycles. The monoisotopic (exact) mass is 401 g/mol. The van der Waals surface area contributed by atoms with E-state index in [2.05, 4.69) is 46.7 Å². The van der Waals surface area contributed by atoms with E-state index in [-0.39, 0.29) is 11.3 Å². The standard InChI is InChI=1S/C21H31N5O3/c1-6-22-20(25-14-19-24-13-18(29-19)21(3,4)5)23-10-11-28-17-9-7-8-16(12-17)26-15(2)27/h7-9,12-13H,6,10-11,14H2,1-5H3,(H,26,27)(H2,22,23,25). The summed E-state index contributed by atoms with van der Waals surface area (Å²) in [5.74, 6) is 2.66. The molecule has 29 heavy (non-hydrogen) atoms. The molecule has 0 saturated heterocycles. The Morgan fingerprint density at radius 3 is 2.72 bits per heavy atom. The number of carbonyl (C=O) groups excluding carboxylic acids is 1. The predicted molar refractivity (Wildman–Crippen MR) is 114 cm³/mol. The van der Waals surface area contributed by atoms with Crippen LogP contribution in [0.2, 0.25) is 0 Å². The van der Waals surface area contributed by atoms with Gasteiger partial charge in [-0.15, -0.1) is 0 Å². The molecule has 0 bridgehead atoms. The number of guanidine groups is 1. The van der Waals surface area contributed by atoms with E-state index in [0.29, 0.717) is 43.0 Å². The molecule has 8 nitrogen and oxygen atoms in total. The van der Waals surface area contributed by atoms with Gasteiger partial charge in [0.2, 0.25) is 11.8 Å². The maximum Gasteiger partial charge on any atom is 0.221 e. The molecule has 0 aliphatic rings. The van der Waals surface area contributed by atoms with Crippen molar-refractivity contribution in [1.29, 1.82) is 0 Å². The summed E-state index contributed by atoms with van der Waals surface area (Å²) in [6.45, 7) is 11.8. The first-order chi connectivity index (χ1) is 13.8. The van der Waals surface area contributed by atoms with Crippen LogP contribution in [-0.2, 0) is 16.8 Å². The molecule has 1 aromatic heterocycles. The van der Waals surface area contributed by atoms with Gasteiger partial charge in [0.15, 0.2) is 5.96 Å². The van der Waals surface area contributed by atoms with Gasteiger partial charge in [0, 0.05) is 30.6 Å². The third-order valence-electron chi connectivity index (χ3n) is 3.83. The van der Waals surface area contributed by atoms with Crippen molar-refractivity contribution >= 4 is 17.6 Å². The average molecular weight is 402 g/mol. The number of ether oxygens (including phenoxy) is 1. The highest BCUT2D eigenvalue weighted by atomic mass is 16.5. The zero-order chi connectivity index (χ0) is 21.3. The highest BCUT2D eigenvalue weighted by molar-refractivity contribution is 5.88. The minimum absolute atomic E-state index is 0.0771. The van der Waals surface area contributed by atoms with Crippen molar-refractivity contribution in [3.63, 3.8) is 0 Å². The summed E-state index contributed by atoms with van der Waals surface area (Å²) in [6, 6.07) is 7.29. The van der Waals surface area contributed by atoms with Crippen molar-refractivity contribution in [2.24, 2.45) is 4.99 Å². The molecule has 2 aromatic rings. The normalized spacial score (nSPS) is 11.8. The number of amides is 1. The molecule has 1 aromatic carbocycles. The first-order valence-electron chi connectivity index (χ1n) is 9.75. The van der Waals surface area contributed by atoms with Crippen LogP contribution in [0.1, 0.15) is 46.3 Å². The van der Waals surface area contributed by atoms with Crippen molar-refractivity contribution in [2.75, 3.05) is 25.0 Å². The van der Waals surface area contributed by atoms with Crippen molar-refractivity contribution in [3.8, 4) is 5.75 Å². The Bertz CT molecular complexity index is 824. The fourth-order valence-corrected chi connectivity index (χ4v) is 2.42. The number of anilines is 1. The number of carbonyl (C=O) groups is 1. The molecular weight excluding hydrogens is 370 g/mol. The Labute approximate surface area is 172 Å². The number of benzene rings is 1. The van der Waals surface area contributed by atoms with Crippen LogP contribution < -0.4 is 20.7 Å². The molecule has 8 heteroatoms. The van der Waals surface area contributed by atoms with Gasteiger partial charge in [-0.2, -0.15) is 0 Å². The van der Waals surface area contributed by atoms with Gasteiger partial charge >= 0.3 is 0 Å². The summed E-state index contributed by atoms with van der Waals surface area (Å²) in [5.41, 5.74) is 0.630. The van der Waals surface area contributed by atoms with Crippen molar-refractivity contribution in [2.45, 2.75) is 46.6 Å². The van der Waals surface area contributed by atoms with Crippen LogP contribution in [0.15, 0.2) is 39.9 Å². The largest absolute Gasteiger partial charge is 0.492 e. The van der Waals surface area contributed by atoms with E-state index in [4.69, 9.17) is 9.15 Å². The van der Waals surface area contributed by atoms with Crippen LogP contribution in [0, 0.1) is 0 Å². The van der Waals surface area contributed by atoms with Crippen molar-refractivity contribution in [1.82, 2.24) is 15.6 Å². The summed E-state index contributed by atoms with van der Waals surface area (Å²) < 4.78 is 11.5. The van der Waals surface area contributed by atoms with E-state index >= 15 is 0 Å². The summed E-state index contributed by atoms with van der Waals surface area (Å²) >= 11 is 0. The van der Waals surface area contributed by atoms with Gasteiger partial charge in [0.1, 0.15) is 24.7 Å². The molecule has 0 spiro atoms. The zero-order valence-electron chi connectivity index (χ0n) is 17.8. The average Bonchev–Trinajstić information content (AvgIpc) is 3.12. The van der Waals surface area contributed by atoms with Crippen LogP contribution in [-0.4, -0.2) is 36.5 Å². The molecule has 1 amide bonds. The molecule has 158 valence electrons. The second kappa shape index (κ2) is 10.5. The Hall–Kier alpha value is -3.03. The highest BCUT2D eigenvalue weighted by Gasteiger charge is 2.19. The van der Waals surface area contributed by atoms with E-state index in [0.717, 1.165) is 12.3 Å². The quantitative estimate of drug-likeness (QED) is 0.357. The summed E-state index contributed by atoms with van der Waals surface area (Å²) in [5, 5.41) is 9.14. The number of oxazole rings is 1. The maximum atomic E-state index is 11.1. The van der Waals surface area contributed by atoms with E-state index in [1.54, 1.807) is 12.3 Å². The molecule has 0 aliphatic carbocycles. The summed E-state index contributed by atoms with van der Waals surface area (Å²) in [7, 11) is 0. The summed E-state index contributed by atoms with van der Waals surface area (Å²) in [6.07, 6.45) is 1.76. The van der Waals surface area contributed by atoms with E-state index in [1.165, 1.54) is 6.92 Å². The minimum atomic E-state index is -0.115. The van der Waals surface area contributed by atoms with E-state index < -0.39 is 0 Å². The summed E-state index contributed by atoms with van der Waals surface area (Å²) in [4.78, 5) is 19.9. The van der Waals surface area contributed by atoms with Gasteiger partial charge in [-0.1, -0.05) is 26.8 Å². The highest BCUT2D eigenvalue weighted by Crippen LogP contribution is 2.22. The fraction of sp³-hybridized carbons (Fsp3) is 0.476. The first-order valence-corrected chi connectivity index (χ1v) is 9.75. The number of rotatable bonds is 8. The van der Waals surface area contributed by atoms with E-state index in [1.807, 2.05) is 25.1 Å². The van der Waals surface area contributed by atoms with Crippen LogP contribution >= 0.6 is 0 Å². The lowest BCUT2D eigenvalue weighted by atomic mass is 9.94. The number of nitrogens with zero attached hydrogens (tertiary/aromatic N) is 2. The fourth-order valence-electron chi connectivity index (χ4n) is 2.42. The topological polar surface area (TPSA) is 101 Å². The number of aromatic nitrogens is 1. The molecular formula is C21H31N5O3. The van der Waals surface area contributed by atoms with Gasteiger partial charge in [-0.25, -0.2) is 9.98 Å². The molecule has 0 saturated carbocycles. The Kier molecular flexibility index (Phi) is 8.06. The molecule has 0 aliphatic heterocycles. The molecule has 0 atom stereocenters. The van der Waals surface area contributed by atoms with Crippen LogP contribution in [0.5, 0.6) is 5.75 Å². The van der Waals surface area contributed by atoms with Gasteiger partial charge in [0.25, 0.3) is 0 Å². The Balaban J connectivity index is 1.84. The lowest BCUT2D eigenvalue weighted by molar-refractivity contribution is -0.114. The maximum absolute atomic E-state index is 11.1. The predicted octanol–water partition coefficient (Wildman–Crippen LogP) is 3.06. The van der Waals surface area contributed by atoms with Crippen LogP contribution in [0.3, 0.4) is 0 Å². The minimum Gasteiger partial charge on any atom is -0.492 e. The molecule has 0 radical (unpaired) electrons. The van der Waals surface area contributed by atoms with Crippen molar-refractivity contribution in [3.05, 3.63) is 42.1 Å². The molecule has 0 fully saturated rings. The second-order valence-electron chi connectivity index (χ2n) is 7.55. The number of aliphatic imine (C=N–C) groups is 1. The third-order valence-corrected chi connectivity index (χ3v) is 3.83. The zero-order valence-corrected chi connectivity index (χ0v) is 17.8. The van der Waals surface area contributed by atoms with Gasteiger partial charge < -0.3 is 25.1 Å². The third kappa shape index (κ3) is 7.85. The Morgan fingerprint density at radius 1 is 1.28 bits per heavy atom. The van der Waals surface area contributed by atoms with Gasteiger partial charge in [-0.05, 0) is 19.1 Å². The number of hydrogen-bond acceptors (Lipinski definition) is 5. The lowest BCUT2D eigenvalue weighted by Crippen LogP contribution is -2.39. The number of nitrogens with one attached hydrogen (secondary N) is 3. The van der Waals surface area contributed by atoms with Crippen LogP contribution in [0.4, 0.5) is 5.69 Å². The van der Waals surface area contributed by atoms with Gasteiger partial charge in [0.05, 0.1) is 12.7 Å². The lowest BCUT2D eigenvalue weighted by Gasteiger charge is -2.13. The molecule has 3 N–H and O–H groups in total. The smallest absolute Gasteiger partial charge is 0.221 e. The molecule has 0 unspecified atom stereocenters. The second-order valence-corrected chi connectivity index (χ2v) is 7.55. The van der Waals surface area contributed by atoms with Gasteiger partial charge in [-0.3, -0.25) is 4.79 Å². The Morgan fingerprint density at radius 2 is 2.07 bits per heavy atom.